The van der Waals surface area contributed by atoms with Gasteiger partial charge in [-0.25, -0.2) is 0 Å². The number of nitro groups is 1. The second-order valence-electron chi connectivity index (χ2n) is 3.72. The first-order valence-electron chi connectivity index (χ1n) is 5.80. The van der Waals surface area contributed by atoms with Crippen LogP contribution in [-0.4, -0.2) is 36.4 Å². The lowest BCUT2D eigenvalue weighted by molar-refractivity contribution is -0.384. The van der Waals surface area contributed by atoms with Crippen LogP contribution in [0.25, 0.3) is 0 Å². The van der Waals surface area contributed by atoms with Crippen molar-refractivity contribution in [1.29, 1.82) is 5.26 Å². The van der Waals surface area contributed by atoms with Gasteiger partial charge in [0.1, 0.15) is 6.07 Å². The molecule has 0 aromatic heterocycles. The van der Waals surface area contributed by atoms with Crippen molar-refractivity contribution in [3.8, 4) is 6.07 Å². The Morgan fingerprint density at radius 3 is 2.89 bits per heavy atom. The molecular formula is C12H15N3O4. The third-order valence-corrected chi connectivity index (χ3v) is 2.35. The van der Waals surface area contributed by atoms with E-state index in [1.807, 2.05) is 6.07 Å². The van der Waals surface area contributed by atoms with Crippen LogP contribution in [0, 0.1) is 21.4 Å². The Morgan fingerprint density at radius 1 is 1.47 bits per heavy atom. The highest BCUT2D eigenvalue weighted by molar-refractivity contribution is 5.61. The van der Waals surface area contributed by atoms with E-state index >= 15 is 0 Å². The second kappa shape index (κ2) is 8.02. The molecule has 0 fully saturated rings. The third kappa shape index (κ3) is 4.91. The Balaban J connectivity index is 2.50. The lowest BCUT2D eigenvalue weighted by atomic mass is 10.1. The molecule has 19 heavy (non-hydrogen) atoms. The highest BCUT2D eigenvalue weighted by atomic mass is 16.6. The Labute approximate surface area is 110 Å². The number of rotatable bonds is 8. The molecule has 1 rings (SSSR count). The highest BCUT2D eigenvalue weighted by Crippen LogP contribution is 2.21. The molecule has 0 aliphatic carbocycles. The van der Waals surface area contributed by atoms with E-state index in [-0.39, 0.29) is 17.9 Å². The zero-order valence-corrected chi connectivity index (χ0v) is 10.3. The molecule has 0 unspecified atom stereocenters. The van der Waals surface area contributed by atoms with Crippen molar-refractivity contribution in [3.63, 3.8) is 0 Å². The number of nitrogens with one attached hydrogen (secondary N) is 1. The van der Waals surface area contributed by atoms with Gasteiger partial charge in [-0.2, -0.15) is 5.26 Å². The summed E-state index contributed by atoms with van der Waals surface area (Å²) in [7, 11) is 0. The normalized spacial score (nSPS) is 9.89. The highest BCUT2D eigenvalue weighted by Gasteiger charge is 2.09. The van der Waals surface area contributed by atoms with Crippen LogP contribution < -0.4 is 5.32 Å². The zero-order valence-electron chi connectivity index (χ0n) is 10.3. The number of ether oxygens (including phenoxy) is 1. The fraction of sp³-hybridized carbons (Fsp3) is 0.417. The maximum Gasteiger partial charge on any atom is 0.270 e. The van der Waals surface area contributed by atoms with Crippen LogP contribution in [0.15, 0.2) is 18.2 Å². The Bertz CT molecular complexity index is 471. The Kier molecular flexibility index (Phi) is 6.29. The summed E-state index contributed by atoms with van der Waals surface area (Å²) in [6, 6.07) is 6.03. The lowest BCUT2D eigenvalue weighted by Crippen LogP contribution is -2.08. The van der Waals surface area contributed by atoms with Crippen LogP contribution in [0.1, 0.15) is 12.0 Å². The number of hydrogen-bond acceptors (Lipinski definition) is 6. The van der Waals surface area contributed by atoms with Gasteiger partial charge in [0.25, 0.3) is 5.69 Å². The molecule has 7 heteroatoms. The Morgan fingerprint density at radius 2 is 2.26 bits per heavy atom. The number of nitrogens with zero attached hydrogens (tertiary/aromatic N) is 2. The van der Waals surface area contributed by atoms with Gasteiger partial charge >= 0.3 is 0 Å². The van der Waals surface area contributed by atoms with E-state index in [0.717, 1.165) is 0 Å². The molecule has 0 saturated carbocycles. The first-order chi connectivity index (χ1) is 9.19. The van der Waals surface area contributed by atoms with E-state index < -0.39 is 4.92 Å². The van der Waals surface area contributed by atoms with E-state index in [9.17, 15) is 10.1 Å². The van der Waals surface area contributed by atoms with Gasteiger partial charge in [-0.05, 0) is 12.5 Å². The summed E-state index contributed by atoms with van der Waals surface area (Å²) < 4.78 is 5.08. The minimum Gasteiger partial charge on any atom is -0.394 e. The molecule has 102 valence electrons. The van der Waals surface area contributed by atoms with Crippen molar-refractivity contribution < 1.29 is 14.8 Å². The van der Waals surface area contributed by atoms with Crippen LogP contribution in [0.4, 0.5) is 11.4 Å². The van der Waals surface area contributed by atoms with Gasteiger partial charge in [0.15, 0.2) is 0 Å². The van der Waals surface area contributed by atoms with Crippen LogP contribution in [-0.2, 0) is 4.74 Å². The molecule has 0 amide bonds. The number of hydrogen-bond donors (Lipinski definition) is 2. The van der Waals surface area contributed by atoms with Gasteiger partial charge in [0.2, 0.25) is 0 Å². The first kappa shape index (κ1) is 14.9. The average Bonchev–Trinajstić information content (AvgIpc) is 2.42. The van der Waals surface area contributed by atoms with E-state index in [0.29, 0.717) is 31.9 Å². The van der Waals surface area contributed by atoms with Crippen molar-refractivity contribution >= 4 is 11.4 Å². The summed E-state index contributed by atoms with van der Waals surface area (Å²) in [5.41, 5.74) is 0.703. The van der Waals surface area contributed by atoms with E-state index in [1.54, 1.807) is 0 Å². The molecule has 0 aliphatic heterocycles. The fourth-order valence-electron chi connectivity index (χ4n) is 1.46. The minimum atomic E-state index is -0.534. The molecule has 0 saturated heterocycles. The first-order valence-corrected chi connectivity index (χ1v) is 5.80. The van der Waals surface area contributed by atoms with Crippen molar-refractivity contribution in [3.05, 3.63) is 33.9 Å². The van der Waals surface area contributed by atoms with Gasteiger partial charge in [-0.15, -0.1) is 0 Å². The van der Waals surface area contributed by atoms with E-state index in [4.69, 9.17) is 15.1 Å². The Hall–Kier alpha value is -2.17. The number of non-ortho nitro benzene ring substituents is 1. The van der Waals surface area contributed by atoms with E-state index in [1.165, 1.54) is 18.2 Å². The molecule has 0 bridgehead atoms. The number of anilines is 1. The SMILES string of the molecule is N#Cc1cc([N+](=O)[O-])ccc1NCCCOCCO. The number of nitro benzene ring substituents is 1. The molecule has 0 atom stereocenters. The molecule has 0 radical (unpaired) electrons. The van der Waals surface area contributed by atoms with Crippen LogP contribution in [0.5, 0.6) is 0 Å². The quantitative estimate of drug-likeness (QED) is 0.416. The van der Waals surface area contributed by atoms with Gasteiger partial charge in [-0.1, -0.05) is 0 Å². The predicted molar refractivity (Wildman–Crippen MR) is 68.8 cm³/mol. The van der Waals surface area contributed by atoms with Gasteiger partial charge in [0, 0.05) is 25.3 Å². The number of benzene rings is 1. The standard InChI is InChI=1S/C12H15N3O4/c13-9-10-8-11(15(17)18)2-3-12(10)14-4-1-6-19-7-5-16/h2-3,8,14,16H,1,4-7H2. The molecule has 1 aromatic carbocycles. The fourth-order valence-corrected chi connectivity index (χ4v) is 1.46. The third-order valence-electron chi connectivity index (χ3n) is 2.35. The van der Waals surface area contributed by atoms with Gasteiger partial charge < -0.3 is 15.2 Å². The molecular weight excluding hydrogens is 250 g/mol. The lowest BCUT2D eigenvalue weighted by Gasteiger charge is -2.08. The monoisotopic (exact) mass is 265 g/mol. The minimum absolute atomic E-state index is 0.00559. The average molecular weight is 265 g/mol. The van der Waals surface area contributed by atoms with Crippen molar-refractivity contribution in [2.24, 2.45) is 0 Å². The van der Waals surface area contributed by atoms with Crippen molar-refractivity contribution in [2.45, 2.75) is 6.42 Å². The van der Waals surface area contributed by atoms with Crippen molar-refractivity contribution in [2.75, 3.05) is 31.7 Å². The summed E-state index contributed by atoms with van der Waals surface area (Å²) >= 11 is 0. The topological polar surface area (TPSA) is 108 Å². The van der Waals surface area contributed by atoms with Gasteiger partial charge in [0.05, 0.1) is 29.4 Å². The maximum absolute atomic E-state index is 10.6. The van der Waals surface area contributed by atoms with Gasteiger partial charge in [-0.3, -0.25) is 10.1 Å². The van der Waals surface area contributed by atoms with Crippen LogP contribution in [0.3, 0.4) is 0 Å². The summed E-state index contributed by atoms with van der Waals surface area (Å²) in [6.07, 6.45) is 0.710. The maximum atomic E-state index is 10.6. The summed E-state index contributed by atoms with van der Waals surface area (Å²) in [5.74, 6) is 0. The van der Waals surface area contributed by atoms with Crippen LogP contribution in [0.2, 0.25) is 0 Å². The molecule has 2 N–H and O–H groups in total. The summed E-state index contributed by atoms with van der Waals surface area (Å²) in [6.45, 7) is 1.38. The molecule has 0 heterocycles. The smallest absolute Gasteiger partial charge is 0.270 e. The number of nitriles is 1. The number of aliphatic hydroxyl groups excluding tert-OH is 1. The molecule has 7 nitrogen and oxygen atoms in total. The predicted octanol–water partition coefficient (Wildman–Crippen LogP) is 1.28. The largest absolute Gasteiger partial charge is 0.394 e. The number of aliphatic hydroxyl groups is 1. The zero-order chi connectivity index (χ0) is 14.1. The molecule has 0 aliphatic rings. The molecule has 1 aromatic rings. The summed E-state index contributed by atoms with van der Waals surface area (Å²) in [4.78, 5) is 10.0. The summed E-state index contributed by atoms with van der Waals surface area (Å²) in [5, 5.41) is 31.0. The van der Waals surface area contributed by atoms with E-state index in [2.05, 4.69) is 5.32 Å². The van der Waals surface area contributed by atoms with Crippen molar-refractivity contribution in [1.82, 2.24) is 0 Å². The molecule has 0 spiro atoms. The second-order valence-corrected chi connectivity index (χ2v) is 3.72. The van der Waals surface area contributed by atoms with Crippen LogP contribution >= 0.6 is 0 Å².